The summed E-state index contributed by atoms with van der Waals surface area (Å²) in [5.41, 5.74) is 0.298. The van der Waals surface area contributed by atoms with Crippen molar-refractivity contribution in [2.75, 3.05) is 5.32 Å². The third kappa shape index (κ3) is 4.83. The van der Waals surface area contributed by atoms with E-state index in [1.54, 1.807) is 6.08 Å². The van der Waals surface area contributed by atoms with Gasteiger partial charge in [0.2, 0.25) is 11.8 Å². The number of hydrogen-bond acceptors (Lipinski definition) is 5. The smallest absolute Gasteiger partial charge is 0.307 e. The number of benzene rings is 1. The minimum atomic E-state index is -3.97. The van der Waals surface area contributed by atoms with Crippen molar-refractivity contribution < 1.29 is 27.9 Å². The lowest BCUT2D eigenvalue weighted by molar-refractivity contribution is -0.146. The number of allylic oxidation sites excluding steroid dienone is 2. The first-order valence-corrected chi connectivity index (χ1v) is 9.48. The van der Waals surface area contributed by atoms with Crippen LogP contribution in [0.4, 0.5) is 5.69 Å². The molecular weight excluding hydrogens is 384 g/mol. The summed E-state index contributed by atoms with van der Waals surface area (Å²) < 4.78 is 25.6. The third-order valence-electron chi connectivity index (χ3n) is 3.86. The number of carboxylic acid groups (broad SMARTS) is 1. The van der Waals surface area contributed by atoms with E-state index in [1.807, 2.05) is 4.72 Å². The molecular formula is C16H17ClN2O6S. The second kappa shape index (κ2) is 7.88. The number of sulfonamides is 1. The Hall–Kier alpha value is -2.39. The molecule has 0 heterocycles. The first-order chi connectivity index (χ1) is 12.1. The molecule has 0 saturated carbocycles. The van der Waals surface area contributed by atoms with Gasteiger partial charge in [-0.2, -0.15) is 0 Å². The van der Waals surface area contributed by atoms with E-state index in [0.29, 0.717) is 10.7 Å². The summed E-state index contributed by atoms with van der Waals surface area (Å²) in [5.74, 6) is -4.02. The molecule has 0 radical (unpaired) electrons. The van der Waals surface area contributed by atoms with Gasteiger partial charge in [-0.25, -0.2) is 13.1 Å². The van der Waals surface area contributed by atoms with E-state index in [2.05, 4.69) is 5.32 Å². The molecule has 0 aliphatic heterocycles. The van der Waals surface area contributed by atoms with Gasteiger partial charge in [0.1, 0.15) is 0 Å². The van der Waals surface area contributed by atoms with Crippen molar-refractivity contribution in [2.45, 2.75) is 24.7 Å². The lowest BCUT2D eigenvalue weighted by atomic mass is 9.82. The summed E-state index contributed by atoms with van der Waals surface area (Å²) in [6.07, 6.45) is 1.88. The zero-order chi connectivity index (χ0) is 19.5. The molecule has 2 atom stereocenters. The molecule has 10 heteroatoms. The summed E-state index contributed by atoms with van der Waals surface area (Å²) in [6, 6.07) is 5.15. The van der Waals surface area contributed by atoms with Crippen LogP contribution in [0.15, 0.2) is 40.3 Å². The van der Waals surface area contributed by atoms with Gasteiger partial charge in [-0.05, 0) is 37.1 Å². The Labute approximate surface area is 155 Å². The van der Waals surface area contributed by atoms with Crippen LogP contribution in [0.25, 0.3) is 0 Å². The van der Waals surface area contributed by atoms with Crippen molar-refractivity contribution in [1.82, 2.24) is 4.72 Å². The van der Waals surface area contributed by atoms with Crippen LogP contribution in [0.2, 0.25) is 0 Å². The summed E-state index contributed by atoms with van der Waals surface area (Å²) in [4.78, 5) is 34.5. The lowest BCUT2D eigenvalue weighted by Crippen LogP contribution is -2.35. The van der Waals surface area contributed by atoms with E-state index in [4.69, 9.17) is 11.6 Å². The summed E-state index contributed by atoms with van der Waals surface area (Å²) in [6.45, 7) is 1.08. The maximum atomic E-state index is 12.4. The largest absolute Gasteiger partial charge is 0.481 e. The standard InChI is InChI=1S/C16H17ClN2O6S/c1-9(20)19-26(24,25)12-5-3-11(4-6-12)18-15(21)14-8-10(17)2-7-13(14)16(22)23/h2-6,13-14H,7-8H2,1H3,(H,18,21)(H,19,20)(H,22,23)/t13-,14+/m0/s1. The van der Waals surface area contributed by atoms with E-state index in [0.717, 1.165) is 6.92 Å². The molecule has 1 aromatic rings. The van der Waals surface area contributed by atoms with Crippen molar-refractivity contribution in [3.8, 4) is 0 Å². The fourth-order valence-electron chi connectivity index (χ4n) is 2.60. The van der Waals surface area contributed by atoms with Crippen LogP contribution in [-0.4, -0.2) is 31.3 Å². The minimum absolute atomic E-state index is 0.124. The SMILES string of the molecule is CC(=O)NS(=O)(=O)c1ccc(NC(=O)[C@@H]2CC(Cl)=CC[C@@H]2C(=O)O)cc1. The highest BCUT2D eigenvalue weighted by atomic mass is 35.5. The topological polar surface area (TPSA) is 130 Å². The van der Waals surface area contributed by atoms with Crippen LogP contribution in [0, 0.1) is 11.8 Å². The summed E-state index contributed by atoms with van der Waals surface area (Å²) in [5, 5.41) is 12.3. The number of rotatable bonds is 5. The number of carbonyl (C=O) groups is 3. The Morgan fingerprint density at radius 2 is 1.77 bits per heavy atom. The Bertz CT molecular complexity index is 863. The molecule has 2 rings (SSSR count). The van der Waals surface area contributed by atoms with Crippen LogP contribution >= 0.6 is 11.6 Å². The first kappa shape index (κ1) is 19.9. The highest BCUT2D eigenvalue weighted by Crippen LogP contribution is 2.32. The van der Waals surface area contributed by atoms with Gasteiger partial charge in [0.05, 0.1) is 16.7 Å². The van der Waals surface area contributed by atoms with Crippen molar-refractivity contribution in [1.29, 1.82) is 0 Å². The molecule has 1 aromatic carbocycles. The van der Waals surface area contributed by atoms with Gasteiger partial charge in [-0.1, -0.05) is 17.7 Å². The Kier molecular flexibility index (Phi) is 6.04. The minimum Gasteiger partial charge on any atom is -0.481 e. The van der Waals surface area contributed by atoms with Crippen molar-refractivity contribution in [3.05, 3.63) is 35.4 Å². The molecule has 0 bridgehead atoms. The highest BCUT2D eigenvalue weighted by Gasteiger charge is 2.36. The van der Waals surface area contributed by atoms with E-state index in [-0.39, 0.29) is 17.7 Å². The molecule has 140 valence electrons. The van der Waals surface area contributed by atoms with E-state index >= 15 is 0 Å². The Morgan fingerprint density at radius 1 is 1.15 bits per heavy atom. The number of aliphatic carboxylic acids is 1. The average molecular weight is 401 g/mol. The molecule has 0 aromatic heterocycles. The third-order valence-corrected chi connectivity index (χ3v) is 5.62. The molecule has 0 unspecified atom stereocenters. The number of anilines is 1. The first-order valence-electron chi connectivity index (χ1n) is 7.62. The molecule has 26 heavy (non-hydrogen) atoms. The van der Waals surface area contributed by atoms with Crippen LogP contribution < -0.4 is 10.0 Å². The van der Waals surface area contributed by atoms with Crippen molar-refractivity contribution in [2.24, 2.45) is 11.8 Å². The molecule has 0 fully saturated rings. The summed E-state index contributed by atoms with van der Waals surface area (Å²) >= 11 is 5.93. The number of nitrogens with one attached hydrogen (secondary N) is 2. The van der Waals surface area contributed by atoms with E-state index < -0.39 is 39.6 Å². The normalized spacial score (nSPS) is 20.0. The molecule has 0 saturated heterocycles. The predicted molar refractivity (Wildman–Crippen MR) is 93.9 cm³/mol. The molecule has 1 aliphatic rings. The number of carbonyl (C=O) groups excluding carboxylic acids is 2. The maximum absolute atomic E-state index is 12.4. The van der Waals surface area contributed by atoms with Gasteiger partial charge in [0.25, 0.3) is 10.0 Å². The summed E-state index contributed by atoms with van der Waals surface area (Å²) in [7, 11) is -3.97. The van der Waals surface area contributed by atoms with E-state index in [1.165, 1.54) is 24.3 Å². The van der Waals surface area contributed by atoms with E-state index in [9.17, 15) is 27.9 Å². The second-order valence-corrected chi connectivity index (χ2v) is 7.99. The van der Waals surface area contributed by atoms with Gasteiger partial charge < -0.3 is 10.4 Å². The van der Waals surface area contributed by atoms with Gasteiger partial charge in [0.15, 0.2) is 0 Å². The number of hydrogen-bond donors (Lipinski definition) is 3. The fourth-order valence-corrected chi connectivity index (χ4v) is 3.85. The molecule has 0 spiro atoms. The second-order valence-electron chi connectivity index (χ2n) is 5.82. The highest BCUT2D eigenvalue weighted by molar-refractivity contribution is 7.90. The van der Waals surface area contributed by atoms with Gasteiger partial charge >= 0.3 is 5.97 Å². The monoisotopic (exact) mass is 400 g/mol. The quantitative estimate of drug-likeness (QED) is 0.689. The zero-order valence-electron chi connectivity index (χ0n) is 13.7. The van der Waals surface area contributed by atoms with Crippen LogP contribution in [0.3, 0.4) is 0 Å². The van der Waals surface area contributed by atoms with Gasteiger partial charge in [-0.3, -0.25) is 14.4 Å². The molecule has 3 N–H and O–H groups in total. The predicted octanol–water partition coefficient (Wildman–Crippen LogP) is 1.68. The number of carboxylic acids is 1. The molecule has 8 nitrogen and oxygen atoms in total. The van der Waals surface area contributed by atoms with Crippen LogP contribution in [-0.2, 0) is 24.4 Å². The molecule has 1 aliphatic carbocycles. The molecule has 2 amide bonds. The Morgan fingerprint density at radius 3 is 2.31 bits per heavy atom. The zero-order valence-corrected chi connectivity index (χ0v) is 15.3. The van der Waals surface area contributed by atoms with Crippen LogP contribution in [0.5, 0.6) is 0 Å². The van der Waals surface area contributed by atoms with Gasteiger partial charge in [0, 0.05) is 17.6 Å². The van der Waals surface area contributed by atoms with Gasteiger partial charge in [-0.15, -0.1) is 0 Å². The van der Waals surface area contributed by atoms with Crippen LogP contribution in [0.1, 0.15) is 19.8 Å². The Balaban J connectivity index is 2.13. The average Bonchev–Trinajstić information content (AvgIpc) is 2.53. The fraction of sp³-hybridized carbons (Fsp3) is 0.312. The van der Waals surface area contributed by atoms with Crippen molar-refractivity contribution >= 4 is 45.1 Å². The van der Waals surface area contributed by atoms with Crippen molar-refractivity contribution in [3.63, 3.8) is 0 Å². The maximum Gasteiger partial charge on any atom is 0.307 e. The number of amides is 2. The lowest BCUT2D eigenvalue weighted by Gasteiger charge is -2.25. The number of halogens is 1.